The Labute approximate surface area is 187 Å². The van der Waals surface area contributed by atoms with Crippen LogP contribution < -0.4 is 4.90 Å². The molecule has 1 aliphatic rings. The molecule has 0 radical (unpaired) electrons. The van der Waals surface area contributed by atoms with Gasteiger partial charge >= 0.3 is 0 Å². The number of benzene rings is 3. The largest absolute Gasteiger partial charge is 0.375 e. The Bertz CT molecular complexity index is 1200. The molecule has 0 fully saturated rings. The zero-order valence-electron chi connectivity index (χ0n) is 17.8. The van der Waals surface area contributed by atoms with Crippen LogP contribution in [0.2, 0.25) is 5.02 Å². The maximum Gasteiger partial charge on any atom is 0.264 e. The van der Waals surface area contributed by atoms with Gasteiger partial charge in [-0.05, 0) is 61.7 Å². The van der Waals surface area contributed by atoms with E-state index in [0.29, 0.717) is 28.4 Å². The van der Waals surface area contributed by atoms with Crippen molar-refractivity contribution in [2.75, 3.05) is 4.90 Å². The van der Waals surface area contributed by atoms with Crippen molar-refractivity contribution in [1.82, 2.24) is 0 Å². The molecule has 1 N–H and O–H groups in total. The lowest BCUT2D eigenvalue weighted by atomic mass is 9.87. The van der Waals surface area contributed by atoms with E-state index in [1.165, 1.54) is 0 Å². The van der Waals surface area contributed by atoms with Crippen LogP contribution in [-0.2, 0) is 16.9 Å². The Morgan fingerprint density at radius 1 is 1.00 bits per heavy atom. The minimum atomic E-state index is -1.96. The SMILES string of the molecule is Cc1ccc(C)c(C(=O)CC2(O)C(=O)N(Cc3ccccc3C)c3ccc(Cl)cc32)c1. The number of carbonyl (C=O) groups is 2. The van der Waals surface area contributed by atoms with Crippen molar-refractivity contribution in [3.8, 4) is 0 Å². The Balaban J connectivity index is 1.74. The lowest BCUT2D eigenvalue weighted by Gasteiger charge is -2.23. The Kier molecular flexibility index (Phi) is 5.46. The molecule has 0 aliphatic carbocycles. The molecule has 0 bridgehead atoms. The second-order valence-corrected chi connectivity index (χ2v) is 8.69. The van der Waals surface area contributed by atoms with Gasteiger partial charge in [0, 0.05) is 16.1 Å². The Morgan fingerprint density at radius 2 is 1.74 bits per heavy atom. The molecule has 3 aromatic rings. The van der Waals surface area contributed by atoms with Crippen LogP contribution in [0.1, 0.15) is 44.6 Å². The molecule has 1 amide bonds. The molecule has 1 unspecified atom stereocenters. The highest BCUT2D eigenvalue weighted by Gasteiger charge is 2.51. The number of nitrogens with zero attached hydrogens (tertiary/aromatic N) is 1. The third-order valence-corrected chi connectivity index (χ3v) is 6.23. The average Bonchev–Trinajstić information content (AvgIpc) is 2.92. The van der Waals surface area contributed by atoms with Crippen LogP contribution in [0, 0.1) is 20.8 Å². The van der Waals surface area contributed by atoms with E-state index in [1.807, 2.05) is 57.2 Å². The summed E-state index contributed by atoms with van der Waals surface area (Å²) in [5.74, 6) is -0.785. The first-order chi connectivity index (χ1) is 14.7. The first-order valence-electron chi connectivity index (χ1n) is 10.2. The van der Waals surface area contributed by atoms with Crippen molar-refractivity contribution in [2.45, 2.75) is 39.3 Å². The predicted molar refractivity (Wildman–Crippen MR) is 123 cm³/mol. The Morgan fingerprint density at radius 3 is 2.48 bits per heavy atom. The van der Waals surface area contributed by atoms with Gasteiger partial charge in [-0.2, -0.15) is 0 Å². The number of aliphatic hydroxyl groups is 1. The van der Waals surface area contributed by atoms with Gasteiger partial charge in [-0.1, -0.05) is 53.6 Å². The number of hydrogen-bond acceptors (Lipinski definition) is 3. The average molecular weight is 434 g/mol. The summed E-state index contributed by atoms with van der Waals surface area (Å²) in [5, 5.41) is 12.0. The zero-order chi connectivity index (χ0) is 22.3. The highest BCUT2D eigenvalue weighted by Crippen LogP contribution is 2.45. The van der Waals surface area contributed by atoms with Crippen molar-refractivity contribution < 1.29 is 14.7 Å². The zero-order valence-corrected chi connectivity index (χ0v) is 18.5. The number of halogens is 1. The van der Waals surface area contributed by atoms with E-state index >= 15 is 0 Å². The minimum absolute atomic E-state index is 0.277. The normalized spacial score (nSPS) is 17.7. The maximum absolute atomic E-state index is 13.5. The van der Waals surface area contributed by atoms with E-state index in [4.69, 9.17) is 11.6 Å². The monoisotopic (exact) mass is 433 g/mol. The van der Waals surface area contributed by atoms with Crippen LogP contribution in [0.4, 0.5) is 5.69 Å². The smallest absolute Gasteiger partial charge is 0.264 e. The van der Waals surface area contributed by atoms with Crippen LogP contribution in [0.15, 0.2) is 60.7 Å². The molecule has 0 aromatic heterocycles. The van der Waals surface area contributed by atoms with Gasteiger partial charge in [0.2, 0.25) is 0 Å². The topological polar surface area (TPSA) is 57.6 Å². The number of aryl methyl sites for hydroxylation is 3. The Hall–Kier alpha value is -2.95. The molecule has 0 saturated heterocycles. The summed E-state index contributed by atoms with van der Waals surface area (Å²) in [6.07, 6.45) is -0.340. The number of anilines is 1. The summed E-state index contributed by atoms with van der Waals surface area (Å²) in [5.41, 5.74) is 3.29. The van der Waals surface area contributed by atoms with Crippen molar-refractivity contribution >= 4 is 29.0 Å². The van der Waals surface area contributed by atoms with E-state index in [-0.39, 0.29) is 12.2 Å². The van der Waals surface area contributed by atoms with E-state index in [2.05, 4.69) is 0 Å². The lowest BCUT2D eigenvalue weighted by Crippen LogP contribution is -2.41. The van der Waals surface area contributed by atoms with Gasteiger partial charge in [-0.15, -0.1) is 0 Å². The summed E-state index contributed by atoms with van der Waals surface area (Å²) < 4.78 is 0. The van der Waals surface area contributed by atoms with Gasteiger partial charge < -0.3 is 10.0 Å². The molecule has 1 atom stereocenters. The highest BCUT2D eigenvalue weighted by molar-refractivity contribution is 6.31. The van der Waals surface area contributed by atoms with E-state index in [1.54, 1.807) is 29.2 Å². The number of hydrogen-bond donors (Lipinski definition) is 1. The maximum atomic E-state index is 13.5. The number of amides is 1. The van der Waals surface area contributed by atoms with E-state index in [0.717, 1.165) is 22.3 Å². The first kappa shape index (κ1) is 21.3. The van der Waals surface area contributed by atoms with Crippen LogP contribution in [0.25, 0.3) is 0 Å². The number of fused-ring (bicyclic) bond motifs is 1. The van der Waals surface area contributed by atoms with Crippen LogP contribution in [-0.4, -0.2) is 16.8 Å². The third-order valence-electron chi connectivity index (χ3n) is 5.99. The fourth-order valence-corrected chi connectivity index (χ4v) is 4.34. The van der Waals surface area contributed by atoms with Crippen molar-refractivity contribution in [3.63, 3.8) is 0 Å². The molecule has 5 heteroatoms. The molecular weight excluding hydrogens is 410 g/mol. The number of carbonyl (C=O) groups excluding carboxylic acids is 2. The van der Waals surface area contributed by atoms with Crippen LogP contribution >= 0.6 is 11.6 Å². The van der Waals surface area contributed by atoms with Crippen LogP contribution in [0.5, 0.6) is 0 Å². The third kappa shape index (κ3) is 3.78. The van der Waals surface area contributed by atoms with E-state index < -0.39 is 11.5 Å². The summed E-state index contributed by atoms with van der Waals surface area (Å²) >= 11 is 6.21. The number of Topliss-reactive ketones (excluding diaryl/α,β-unsaturated/α-hetero) is 1. The highest BCUT2D eigenvalue weighted by atomic mass is 35.5. The fourth-order valence-electron chi connectivity index (χ4n) is 4.17. The second-order valence-electron chi connectivity index (χ2n) is 8.26. The molecule has 0 saturated carbocycles. The quantitative estimate of drug-likeness (QED) is 0.557. The minimum Gasteiger partial charge on any atom is -0.375 e. The summed E-state index contributed by atoms with van der Waals surface area (Å²) in [6, 6.07) is 18.4. The van der Waals surface area contributed by atoms with Gasteiger partial charge in [0.15, 0.2) is 11.4 Å². The molecule has 4 rings (SSSR count). The fraction of sp³-hybridized carbons (Fsp3) is 0.231. The van der Waals surface area contributed by atoms with E-state index in [9.17, 15) is 14.7 Å². The molecule has 31 heavy (non-hydrogen) atoms. The molecular formula is C26H24ClNO3. The number of rotatable bonds is 5. The van der Waals surface area contributed by atoms with Crippen LogP contribution in [0.3, 0.4) is 0 Å². The summed E-state index contributed by atoms with van der Waals surface area (Å²) in [7, 11) is 0. The second kappa shape index (κ2) is 7.95. The van der Waals surface area contributed by atoms with Crippen molar-refractivity contribution in [2.24, 2.45) is 0 Å². The van der Waals surface area contributed by atoms with Gasteiger partial charge in [0.1, 0.15) is 0 Å². The molecule has 4 nitrogen and oxygen atoms in total. The molecule has 158 valence electrons. The summed E-state index contributed by atoms with van der Waals surface area (Å²) in [6.45, 7) is 6.04. The van der Waals surface area contributed by atoms with Gasteiger partial charge in [-0.25, -0.2) is 0 Å². The van der Waals surface area contributed by atoms with Gasteiger partial charge in [0.25, 0.3) is 5.91 Å². The lowest BCUT2D eigenvalue weighted by molar-refractivity contribution is -0.136. The predicted octanol–water partition coefficient (Wildman–Crippen LogP) is 5.27. The molecule has 1 heterocycles. The van der Waals surface area contributed by atoms with Gasteiger partial charge in [-0.3, -0.25) is 9.59 Å². The summed E-state index contributed by atoms with van der Waals surface area (Å²) in [4.78, 5) is 28.2. The molecule has 1 aliphatic heterocycles. The molecule has 3 aromatic carbocycles. The van der Waals surface area contributed by atoms with Crippen molar-refractivity contribution in [3.05, 3.63) is 99.1 Å². The van der Waals surface area contributed by atoms with Crippen molar-refractivity contribution in [1.29, 1.82) is 0 Å². The molecule has 0 spiro atoms. The first-order valence-corrected chi connectivity index (χ1v) is 10.6. The number of ketones is 1. The van der Waals surface area contributed by atoms with Gasteiger partial charge in [0.05, 0.1) is 18.7 Å². The standard InChI is InChI=1S/C26H24ClNO3/c1-16-8-9-18(3)21(12-16)24(29)14-26(31)22-13-20(27)10-11-23(22)28(25(26)30)15-19-7-5-4-6-17(19)2/h4-13,31H,14-15H2,1-3H3.